The van der Waals surface area contributed by atoms with Gasteiger partial charge in [0.05, 0.1) is 10.4 Å². The molecule has 0 bridgehead atoms. The second-order valence-electron chi connectivity index (χ2n) is 8.86. The highest BCUT2D eigenvalue weighted by molar-refractivity contribution is 7.93. The number of halogens is 4. The van der Waals surface area contributed by atoms with E-state index in [0.717, 1.165) is 18.6 Å². The summed E-state index contributed by atoms with van der Waals surface area (Å²) in [5.41, 5.74) is -5.33. The summed E-state index contributed by atoms with van der Waals surface area (Å²) in [5.74, 6) is -0.837. The Labute approximate surface area is 183 Å². The van der Waals surface area contributed by atoms with Crippen molar-refractivity contribution in [1.82, 2.24) is 15.1 Å². The molecule has 1 unspecified atom stereocenters. The lowest BCUT2D eigenvalue weighted by atomic mass is 9.88. The normalized spacial score (nSPS) is 23.1. The molecule has 0 aromatic heterocycles. The molecule has 4 rings (SSSR count). The minimum absolute atomic E-state index is 0.0154. The summed E-state index contributed by atoms with van der Waals surface area (Å²) in [7, 11) is -5.09. The maximum atomic E-state index is 14.4. The lowest BCUT2D eigenvalue weighted by molar-refractivity contribution is -0.120. The van der Waals surface area contributed by atoms with Crippen LogP contribution in [0, 0.1) is 16.5 Å². The molecule has 0 aliphatic carbocycles. The second kappa shape index (κ2) is 7.89. The molecule has 3 amide bonds. The van der Waals surface area contributed by atoms with Crippen molar-refractivity contribution < 1.29 is 31.4 Å². The van der Waals surface area contributed by atoms with Gasteiger partial charge in [-0.05, 0) is 49.3 Å². The van der Waals surface area contributed by atoms with Gasteiger partial charge in [-0.15, -0.1) is 0 Å². The van der Waals surface area contributed by atoms with E-state index >= 15 is 0 Å². The van der Waals surface area contributed by atoms with E-state index in [1.165, 1.54) is 0 Å². The summed E-state index contributed by atoms with van der Waals surface area (Å²) in [6.07, 6.45) is 2.76. The summed E-state index contributed by atoms with van der Waals surface area (Å²) in [6.45, 7) is 2.00. The molecular weight excluding hydrogens is 452 g/mol. The van der Waals surface area contributed by atoms with Gasteiger partial charge in [-0.25, -0.2) is 18.2 Å². The first kappa shape index (κ1) is 22.8. The second-order valence-corrected chi connectivity index (χ2v) is 10.9. The molecule has 1 atom stereocenters. The van der Waals surface area contributed by atoms with E-state index in [-0.39, 0.29) is 35.4 Å². The summed E-state index contributed by atoms with van der Waals surface area (Å²) < 4.78 is 71.5. The molecule has 3 heterocycles. The Bertz CT molecular complexity index is 1030. The smallest absolute Gasteiger partial charge is 0.347 e. The molecule has 3 aliphatic heterocycles. The van der Waals surface area contributed by atoms with Gasteiger partial charge >= 0.3 is 11.5 Å². The first-order valence-corrected chi connectivity index (χ1v) is 11.9. The van der Waals surface area contributed by atoms with Crippen molar-refractivity contribution in [2.75, 3.05) is 26.2 Å². The number of nitrogens with zero attached hydrogens (tertiary/aromatic N) is 2. The van der Waals surface area contributed by atoms with Crippen LogP contribution in [0.15, 0.2) is 23.1 Å². The monoisotopic (exact) mass is 476 g/mol. The highest BCUT2D eigenvalue weighted by atomic mass is 32.2. The molecule has 0 saturated carbocycles. The molecule has 3 saturated heterocycles. The highest BCUT2D eigenvalue weighted by Gasteiger charge is 2.50. The van der Waals surface area contributed by atoms with Crippen molar-refractivity contribution >= 4 is 21.7 Å². The predicted molar refractivity (Wildman–Crippen MR) is 107 cm³/mol. The molecular formula is C20H24F4N4O3S. The van der Waals surface area contributed by atoms with E-state index in [2.05, 4.69) is 5.32 Å². The fourth-order valence-electron chi connectivity index (χ4n) is 4.68. The molecule has 1 aromatic carbocycles. The fraction of sp³-hybridized carbons (Fsp3) is 0.600. The van der Waals surface area contributed by atoms with Crippen molar-refractivity contribution in [2.45, 2.75) is 48.0 Å². The van der Waals surface area contributed by atoms with Gasteiger partial charge in [-0.1, -0.05) is 6.07 Å². The van der Waals surface area contributed by atoms with E-state index in [0.29, 0.717) is 51.5 Å². The summed E-state index contributed by atoms with van der Waals surface area (Å²) >= 11 is 0. The van der Waals surface area contributed by atoms with Crippen molar-refractivity contribution in [3.05, 3.63) is 29.6 Å². The quantitative estimate of drug-likeness (QED) is 0.657. The van der Waals surface area contributed by atoms with Crippen LogP contribution in [0.5, 0.6) is 0 Å². The summed E-state index contributed by atoms with van der Waals surface area (Å²) in [5, 5.41) is 2.94. The number of amides is 3. The van der Waals surface area contributed by atoms with Crippen molar-refractivity contribution in [3.8, 4) is 0 Å². The summed E-state index contributed by atoms with van der Waals surface area (Å²) in [6, 6.07) is 2.53. The number of carbonyl (C=O) groups excluding carboxylic acids is 2. The van der Waals surface area contributed by atoms with Gasteiger partial charge in [0.1, 0.15) is 5.82 Å². The number of benzene rings is 1. The topological polar surface area (TPSA) is 93.6 Å². The first-order chi connectivity index (χ1) is 14.9. The molecule has 2 N–H and O–H groups in total. The number of urea groups is 1. The number of hydrogen-bond donors (Lipinski definition) is 2. The van der Waals surface area contributed by atoms with E-state index in [1.54, 1.807) is 9.80 Å². The van der Waals surface area contributed by atoms with Crippen LogP contribution < -0.4 is 5.32 Å². The van der Waals surface area contributed by atoms with E-state index in [4.69, 9.17) is 4.78 Å². The number of nitrogens with one attached hydrogen (secondary N) is 2. The van der Waals surface area contributed by atoms with Crippen LogP contribution in [0.2, 0.25) is 0 Å². The Balaban J connectivity index is 1.30. The molecule has 3 aliphatic rings. The van der Waals surface area contributed by atoms with Gasteiger partial charge in [0, 0.05) is 32.6 Å². The largest absolute Gasteiger partial charge is 0.483 e. The third-order valence-electron chi connectivity index (χ3n) is 6.57. The van der Waals surface area contributed by atoms with Gasteiger partial charge in [-0.2, -0.15) is 13.2 Å². The molecule has 1 spiro atoms. The Kier molecular flexibility index (Phi) is 5.62. The first-order valence-electron chi connectivity index (χ1n) is 10.4. The van der Waals surface area contributed by atoms with Crippen LogP contribution in [-0.2, 0) is 20.9 Å². The Morgan fingerprint density at radius 3 is 2.41 bits per heavy atom. The van der Waals surface area contributed by atoms with Gasteiger partial charge in [0.25, 0.3) is 0 Å². The van der Waals surface area contributed by atoms with Crippen LogP contribution in [0.4, 0.5) is 22.4 Å². The fourth-order valence-corrected chi connectivity index (χ4v) is 5.47. The SMILES string of the molecule is N=S(=O)(c1ccc(CC2CCN(C(=O)N3CC4(CCC(=O)N4)C3)CC2)c(F)c1)C(F)(F)F. The predicted octanol–water partition coefficient (Wildman–Crippen LogP) is 3.09. The van der Waals surface area contributed by atoms with Crippen LogP contribution in [0.1, 0.15) is 31.2 Å². The Hall–Kier alpha value is -2.37. The molecule has 32 heavy (non-hydrogen) atoms. The third-order valence-corrected chi connectivity index (χ3v) is 8.14. The molecule has 176 valence electrons. The number of likely N-dealkylation sites (tertiary alicyclic amines) is 2. The maximum absolute atomic E-state index is 14.4. The van der Waals surface area contributed by atoms with Gasteiger partial charge in [0.15, 0.2) is 9.73 Å². The Morgan fingerprint density at radius 1 is 1.22 bits per heavy atom. The lowest BCUT2D eigenvalue weighted by Crippen LogP contribution is -2.70. The number of rotatable bonds is 3. The zero-order valence-electron chi connectivity index (χ0n) is 17.2. The van der Waals surface area contributed by atoms with Gasteiger partial charge < -0.3 is 15.1 Å². The van der Waals surface area contributed by atoms with Crippen LogP contribution in [0.3, 0.4) is 0 Å². The Morgan fingerprint density at radius 2 is 1.88 bits per heavy atom. The van der Waals surface area contributed by atoms with Crippen molar-refractivity contribution in [1.29, 1.82) is 4.78 Å². The van der Waals surface area contributed by atoms with Gasteiger partial charge in [0.2, 0.25) is 5.91 Å². The molecule has 7 nitrogen and oxygen atoms in total. The van der Waals surface area contributed by atoms with Crippen LogP contribution in [0.25, 0.3) is 0 Å². The van der Waals surface area contributed by atoms with E-state index in [9.17, 15) is 31.4 Å². The summed E-state index contributed by atoms with van der Waals surface area (Å²) in [4.78, 5) is 26.7. The lowest BCUT2D eigenvalue weighted by Gasteiger charge is -2.49. The zero-order chi connectivity index (χ0) is 23.3. The van der Waals surface area contributed by atoms with Crippen molar-refractivity contribution in [2.24, 2.45) is 5.92 Å². The average molecular weight is 476 g/mol. The standard InChI is InChI=1S/C20H24F4N4O3S/c21-16-10-15(32(25,31)20(22,23)24)2-1-14(16)9-13-4-7-27(8-5-13)18(30)28-11-19(12-28)6-3-17(29)26-19/h1-2,10,13,25H,3-9,11-12H2,(H,26,29). The number of carbonyl (C=O) groups is 2. The zero-order valence-corrected chi connectivity index (χ0v) is 18.0. The maximum Gasteiger partial charge on any atom is 0.483 e. The van der Waals surface area contributed by atoms with E-state index < -0.39 is 26.0 Å². The minimum atomic E-state index is -5.26. The van der Waals surface area contributed by atoms with Crippen molar-refractivity contribution in [3.63, 3.8) is 0 Å². The number of hydrogen-bond acceptors (Lipinski definition) is 4. The molecule has 12 heteroatoms. The molecule has 1 aromatic rings. The van der Waals surface area contributed by atoms with Gasteiger partial charge in [-0.3, -0.25) is 4.79 Å². The average Bonchev–Trinajstić information content (AvgIpc) is 3.09. The molecule has 0 radical (unpaired) electrons. The van der Waals surface area contributed by atoms with Crippen LogP contribution in [-0.4, -0.2) is 63.2 Å². The highest BCUT2D eigenvalue weighted by Crippen LogP contribution is 2.34. The van der Waals surface area contributed by atoms with Crippen LogP contribution >= 0.6 is 0 Å². The number of alkyl halides is 3. The number of piperidine rings is 1. The minimum Gasteiger partial charge on any atom is -0.347 e. The molecule has 3 fully saturated rings. The third kappa shape index (κ3) is 4.16. The van der Waals surface area contributed by atoms with E-state index in [1.807, 2.05) is 0 Å².